The van der Waals surface area contributed by atoms with Gasteiger partial charge in [0.1, 0.15) is 5.69 Å². The Morgan fingerprint density at radius 2 is 1.67 bits per heavy atom. The SMILES string of the molecule is O=C(O)C(F)(F)F.O=C1NC(=Nc2c(Cl)cccc2Cl)SC1=Cc1ccc2ncc(C(=O)O)c(-c3ccncc3)c2c1. The number of thioether (sulfide) groups is 1. The second-order valence-corrected chi connectivity index (χ2v) is 10.1. The van der Waals surface area contributed by atoms with E-state index in [0.29, 0.717) is 53.4 Å². The highest BCUT2D eigenvalue weighted by molar-refractivity contribution is 8.18. The molecule has 1 fully saturated rings. The van der Waals surface area contributed by atoms with Gasteiger partial charge in [0.25, 0.3) is 5.91 Å². The van der Waals surface area contributed by atoms with Crippen molar-refractivity contribution in [1.29, 1.82) is 0 Å². The molecule has 1 amide bonds. The van der Waals surface area contributed by atoms with Crippen LogP contribution >= 0.6 is 35.0 Å². The molecule has 2 aromatic heterocycles. The summed E-state index contributed by atoms with van der Waals surface area (Å²) in [6, 6.07) is 13.9. The number of fused-ring (bicyclic) bond motifs is 1. The number of hydrogen-bond donors (Lipinski definition) is 3. The summed E-state index contributed by atoms with van der Waals surface area (Å²) >= 11 is 13.5. The predicted octanol–water partition coefficient (Wildman–Crippen LogP) is 6.83. The van der Waals surface area contributed by atoms with Crippen LogP contribution in [0.2, 0.25) is 10.0 Å². The molecular weight excluding hydrogens is 620 g/mol. The van der Waals surface area contributed by atoms with Crippen LogP contribution in [0, 0.1) is 0 Å². The number of carbonyl (C=O) groups is 3. The maximum Gasteiger partial charge on any atom is 0.490 e. The summed E-state index contributed by atoms with van der Waals surface area (Å²) < 4.78 is 31.7. The van der Waals surface area contributed by atoms with Crippen molar-refractivity contribution in [3.8, 4) is 11.1 Å². The molecular formula is C27H15Cl2F3N4O5S. The topological polar surface area (TPSA) is 142 Å². The lowest BCUT2D eigenvalue weighted by atomic mass is 9.96. The van der Waals surface area contributed by atoms with Gasteiger partial charge >= 0.3 is 18.1 Å². The second kappa shape index (κ2) is 12.6. The number of amidine groups is 1. The Labute approximate surface area is 248 Å². The van der Waals surface area contributed by atoms with Gasteiger partial charge in [0.2, 0.25) is 0 Å². The Balaban J connectivity index is 0.000000517. The lowest BCUT2D eigenvalue weighted by molar-refractivity contribution is -0.192. The van der Waals surface area contributed by atoms with Crippen LogP contribution in [0.25, 0.3) is 28.1 Å². The number of carboxylic acid groups (broad SMARTS) is 2. The van der Waals surface area contributed by atoms with E-state index in [9.17, 15) is 27.9 Å². The number of benzene rings is 2. The van der Waals surface area contributed by atoms with Gasteiger partial charge in [-0.15, -0.1) is 0 Å². The average Bonchev–Trinajstić information content (AvgIpc) is 3.28. The van der Waals surface area contributed by atoms with Crippen LogP contribution < -0.4 is 5.32 Å². The molecule has 2 aromatic carbocycles. The number of halogens is 5. The van der Waals surface area contributed by atoms with E-state index >= 15 is 0 Å². The van der Waals surface area contributed by atoms with Crippen LogP contribution in [0.5, 0.6) is 0 Å². The van der Waals surface area contributed by atoms with Crippen LogP contribution in [-0.2, 0) is 9.59 Å². The molecule has 0 radical (unpaired) electrons. The fourth-order valence-corrected chi connectivity index (χ4v) is 4.93. The molecule has 1 aliphatic heterocycles. The summed E-state index contributed by atoms with van der Waals surface area (Å²) in [6.07, 6.45) is 1.18. The first kappa shape index (κ1) is 30.5. The number of para-hydroxylation sites is 1. The quantitative estimate of drug-likeness (QED) is 0.207. The number of alkyl halides is 3. The van der Waals surface area contributed by atoms with Crippen LogP contribution in [0.4, 0.5) is 18.9 Å². The number of carboxylic acids is 2. The molecule has 0 saturated carbocycles. The standard InChI is InChI=1S/C25H14Cl2N4O3S.C2HF3O2/c26-17-2-1-3-18(27)22(17)30-25-31-23(32)20(35-25)11-13-4-5-19-15(10-13)21(14-6-8-28-9-7-14)16(12-29-19)24(33)34;3-2(4,5)1(6)7/h1-12H,(H,33,34)(H,30,31,32);(H,6,7). The van der Waals surface area contributed by atoms with Gasteiger partial charge in [0.15, 0.2) is 5.17 Å². The first-order chi connectivity index (χ1) is 19.8. The van der Waals surface area contributed by atoms with Gasteiger partial charge in [-0.1, -0.05) is 35.3 Å². The number of aliphatic imine (C=N–C) groups is 1. The highest BCUT2D eigenvalue weighted by Gasteiger charge is 2.38. The van der Waals surface area contributed by atoms with Gasteiger partial charge in [-0.2, -0.15) is 13.2 Å². The third-order valence-corrected chi connectivity index (χ3v) is 6.95. The Morgan fingerprint density at radius 1 is 1.02 bits per heavy atom. The summed E-state index contributed by atoms with van der Waals surface area (Å²) in [5, 5.41) is 21.3. The van der Waals surface area contributed by atoms with E-state index in [1.807, 2.05) is 12.1 Å². The Kier molecular flexibility index (Phi) is 9.14. The van der Waals surface area contributed by atoms with Crippen molar-refractivity contribution in [2.75, 3.05) is 0 Å². The Bertz CT molecular complexity index is 1760. The highest BCUT2D eigenvalue weighted by atomic mass is 35.5. The van der Waals surface area contributed by atoms with Crippen molar-refractivity contribution < 1.29 is 37.8 Å². The Hall–Kier alpha value is -4.46. The van der Waals surface area contributed by atoms with E-state index < -0.39 is 18.1 Å². The number of aromatic carboxylic acids is 1. The van der Waals surface area contributed by atoms with Crippen molar-refractivity contribution in [2.45, 2.75) is 6.18 Å². The van der Waals surface area contributed by atoms with Crippen LogP contribution in [0.15, 0.2) is 77.0 Å². The van der Waals surface area contributed by atoms with Gasteiger partial charge < -0.3 is 15.5 Å². The van der Waals surface area contributed by atoms with Crippen molar-refractivity contribution in [3.63, 3.8) is 0 Å². The number of pyridine rings is 2. The zero-order valence-corrected chi connectivity index (χ0v) is 23.0. The van der Waals surface area contributed by atoms with E-state index in [-0.39, 0.29) is 11.5 Å². The van der Waals surface area contributed by atoms with Gasteiger partial charge in [0, 0.05) is 29.5 Å². The van der Waals surface area contributed by atoms with Gasteiger partial charge in [-0.3, -0.25) is 14.8 Å². The third kappa shape index (κ3) is 7.05. The lowest BCUT2D eigenvalue weighted by Crippen LogP contribution is -2.21. The first-order valence-electron chi connectivity index (χ1n) is 11.5. The van der Waals surface area contributed by atoms with Gasteiger partial charge in [0.05, 0.1) is 26.0 Å². The Morgan fingerprint density at radius 3 is 2.26 bits per heavy atom. The molecule has 3 N–H and O–H groups in total. The normalized spacial score (nSPS) is 14.9. The molecule has 1 saturated heterocycles. The van der Waals surface area contributed by atoms with Crippen molar-refractivity contribution in [3.05, 3.63) is 93.2 Å². The number of carbonyl (C=O) groups excluding carboxylic acids is 1. The van der Waals surface area contributed by atoms with Crippen molar-refractivity contribution >= 4 is 80.6 Å². The fraction of sp³-hybridized carbons (Fsp3) is 0.0370. The molecule has 0 unspecified atom stereocenters. The number of nitrogens with zero attached hydrogens (tertiary/aromatic N) is 3. The number of aromatic nitrogens is 2. The molecule has 5 rings (SSSR count). The molecule has 42 heavy (non-hydrogen) atoms. The number of nitrogens with one attached hydrogen (secondary N) is 1. The minimum Gasteiger partial charge on any atom is -0.478 e. The van der Waals surface area contributed by atoms with Gasteiger partial charge in [-0.05, 0) is 65.4 Å². The monoisotopic (exact) mass is 634 g/mol. The predicted molar refractivity (Wildman–Crippen MR) is 153 cm³/mol. The first-order valence-corrected chi connectivity index (χ1v) is 13.0. The number of amides is 1. The highest BCUT2D eigenvalue weighted by Crippen LogP contribution is 2.36. The number of aliphatic carboxylic acids is 1. The fourth-order valence-electron chi connectivity index (χ4n) is 3.62. The van der Waals surface area contributed by atoms with E-state index in [0.717, 1.165) is 11.8 Å². The number of hydrogen-bond acceptors (Lipinski definition) is 7. The molecule has 0 bridgehead atoms. The molecule has 1 aliphatic rings. The summed E-state index contributed by atoms with van der Waals surface area (Å²) in [7, 11) is 0. The minimum absolute atomic E-state index is 0.0764. The molecule has 4 aromatic rings. The maximum atomic E-state index is 12.6. The minimum atomic E-state index is -5.08. The third-order valence-electron chi connectivity index (χ3n) is 5.43. The molecule has 9 nitrogen and oxygen atoms in total. The van der Waals surface area contributed by atoms with Crippen LogP contribution in [0.3, 0.4) is 0 Å². The summed E-state index contributed by atoms with van der Waals surface area (Å²) in [5.41, 5.74) is 3.01. The zero-order valence-electron chi connectivity index (χ0n) is 20.7. The molecule has 214 valence electrons. The molecule has 0 aliphatic carbocycles. The van der Waals surface area contributed by atoms with E-state index in [2.05, 4.69) is 20.3 Å². The van der Waals surface area contributed by atoms with Crippen LogP contribution in [0.1, 0.15) is 15.9 Å². The van der Waals surface area contributed by atoms with E-state index in [1.54, 1.807) is 54.9 Å². The van der Waals surface area contributed by atoms with Crippen LogP contribution in [-0.4, -0.2) is 49.4 Å². The summed E-state index contributed by atoms with van der Waals surface area (Å²) in [6.45, 7) is 0. The van der Waals surface area contributed by atoms with E-state index in [1.165, 1.54) is 6.20 Å². The average molecular weight is 635 g/mol. The smallest absolute Gasteiger partial charge is 0.478 e. The number of rotatable bonds is 4. The zero-order chi connectivity index (χ0) is 30.6. The lowest BCUT2D eigenvalue weighted by Gasteiger charge is -2.11. The molecule has 15 heteroatoms. The second-order valence-electron chi connectivity index (χ2n) is 8.22. The molecule has 0 spiro atoms. The molecule has 0 atom stereocenters. The van der Waals surface area contributed by atoms with Gasteiger partial charge in [-0.25, -0.2) is 14.6 Å². The van der Waals surface area contributed by atoms with Crippen molar-refractivity contribution in [2.24, 2.45) is 4.99 Å². The maximum absolute atomic E-state index is 12.6. The molecule has 3 heterocycles. The summed E-state index contributed by atoms with van der Waals surface area (Å²) in [5.74, 6) is -4.16. The van der Waals surface area contributed by atoms with Crippen molar-refractivity contribution in [1.82, 2.24) is 15.3 Å². The van der Waals surface area contributed by atoms with E-state index in [4.69, 9.17) is 33.1 Å². The summed E-state index contributed by atoms with van der Waals surface area (Å²) in [4.78, 5) is 46.6. The largest absolute Gasteiger partial charge is 0.490 e.